The first-order chi connectivity index (χ1) is 16.0. The molecule has 0 aliphatic heterocycles. The minimum atomic E-state index is -0.639. The molecule has 172 valence electrons. The Morgan fingerprint density at radius 1 is 0.939 bits per heavy atom. The predicted octanol–water partition coefficient (Wildman–Crippen LogP) is 5.27. The highest BCUT2D eigenvalue weighted by Crippen LogP contribution is 2.22. The van der Waals surface area contributed by atoms with Gasteiger partial charge in [-0.3, -0.25) is 9.59 Å². The maximum atomic E-state index is 13.5. The summed E-state index contributed by atoms with van der Waals surface area (Å²) in [4.78, 5) is 28.1. The van der Waals surface area contributed by atoms with Crippen molar-refractivity contribution < 1.29 is 9.59 Å². The van der Waals surface area contributed by atoms with Crippen LogP contribution in [0.1, 0.15) is 22.3 Å². The first-order valence-corrected chi connectivity index (χ1v) is 12.4. The van der Waals surface area contributed by atoms with Crippen LogP contribution in [0.25, 0.3) is 0 Å². The van der Waals surface area contributed by atoms with Gasteiger partial charge in [-0.15, -0.1) is 11.8 Å². The lowest BCUT2D eigenvalue weighted by atomic mass is 10.0. The van der Waals surface area contributed by atoms with Crippen LogP contribution in [0.15, 0.2) is 78.9 Å². The Hall–Kier alpha value is -2.76. The molecule has 33 heavy (non-hydrogen) atoms. The number of nitrogens with one attached hydrogen (secondary N) is 1. The summed E-state index contributed by atoms with van der Waals surface area (Å²) in [6.07, 6.45) is 0.430. The standard InChI is InChI=1S/C27H29ClN2O2S/c1-20-10-6-7-14-23(20)18-33-19-26(31)30(17-22-13-8-9-15-24(22)28)25(27(32)29-2)16-21-11-4-3-5-12-21/h3-15,25H,16-19H2,1-2H3,(H,29,32)/t25-/m1/s1. The topological polar surface area (TPSA) is 49.4 Å². The number of rotatable bonds is 10. The molecule has 0 heterocycles. The molecule has 3 aromatic carbocycles. The molecule has 0 bridgehead atoms. The van der Waals surface area contributed by atoms with Crippen molar-refractivity contribution in [2.24, 2.45) is 0 Å². The third kappa shape index (κ3) is 7.11. The Bertz CT molecular complexity index is 1070. The number of hydrogen-bond donors (Lipinski definition) is 1. The first kappa shape index (κ1) is 24.9. The van der Waals surface area contributed by atoms with Crippen LogP contribution < -0.4 is 5.32 Å². The molecule has 0 radical (unpaired) electrons. The summed E-state index contributed by atoms with van der Waals surface area (Å²) in [7, 11) is 1.60. The van der Waals surface area contributed by atoms with Crippen LogP contribution >= 0.6 is 23.4 Å². The van der Waals surface area contributed by atoms with E-state index in [2.05, 4.69) is 24.4 Å². The van der Waals surface area contributed by atoms with Gasteiger partial charge in [0.2, 0.25) is 11.8 Å². The van der Waals surface area contributed by atoms with Gasteiger partial charge in [0.15, 0.2) is 0 Å². The van der Waals surface area contributed by atoms with Gasteiger partial charge in [-0.1, -0.05) is 84.4 Å². The van der Waals surface area contributed by atoms with Crippen LogP contribution in [0.4, 0.5) is 0 Å². The van der Waals surface area contributed by atoms with Crippen LogP contribution in [0.2, 0.25) is 5.02 Å². The van der Waals surface area contributed by atoms with Crippen molar-refractivity contribution in [2.45, 2.75) is 31.7 Å². The molecule has 4 nitrogen and oxygen atoms in total. The molecular weight excluding hydrogens is 452 g/mol. The Balaban J connectivity index is 1.83. The summed E-state index contributed by atoms with van der Waals surface area (Å²) in [5.74, 6) is 0.740. The van der Waals surface area contributed by atoms with Gasteiger partial charge in [0.25, 0.3) is 0 Å². The largest absolute Gasteiger partial charge is 0.357 e. The molecule has 0 fully saturated rings. The number of carbonyl (C=O) groups excluding carboxylic acids is 2. The summed E-state index contributed by atoms with van der Waals surface area (Å²) in [6, 6.07) is 24.7. The van der Waals surface area contributed by atoms with E-state index in [1.165, 1.54) is 11.1 Å². The number of halogens is 1. The molecule has 1 N–H and O–H groups in total. The normalized spacial score (nSPS) is 11.6. The van der Waals surface area contributed by atoms with Crippen molar-refractivity contribution >= 4 is 35.2 Å². The molecule has 0 spiro atoms. The third-order valence-electron chi connectivity index (χ3n) is 5.56. The summed E-state index contributed by atoms with van der Waals surface area (Å²) in [5.41, 5.74) is 4.23. The Kier molecular flexibility index (Phi) is 9.40. The number of likely N-dealkylation sites (N-methyl/N-ethyl adjacent to an activating group) is 1. The van der Waals surface area contributed by atoms with E-state index in [-0.39, 0.29) is 24.1 Å². The molecule has 0 aliphatic rings. The Morgan fingerprint density at radius 2 is 1.58 bits per heavy atom. The number of carbonyl (C=O) groups is 2. The van der Waals surface area contributed by atoms with Gasteiger partial charge in [-0.25, -0.2) is 0 Å². The number of thioether (sulfide) groups is 1. The van der Waals surface area contributed by atoms with E-state index < -0.39 is 6.04 Å². The molecule has 3 rings (SSSR count). The number of benzene rings is 3. The minimum Gasteiger partial charge on any atom is -0.357 e. The van der Waals surface area contributed by atoms with Crippen molar-refractivity contribution in [3.63, 3.8) is 0 Å². The van der Waals surface area contributed by atoms with Gasteiger partial charge in [0.1, 0.15) is 6.04 Å². The smallest absolute Gasteiger partial charge is 0.242 e. The van der Waals surface area contributed by atoms with Crippen LogP contribution in [0, 0.1) is 6.92 Å². The number of nitrogens with zero attached hydrogens (tertiary/aromatic N) is 1. The van der Waals surface area contributed by atoms with Crippen molar-refractivity contribution in [1.29, 1.82) is 0 Å². The van der Waals surface area contributed by atoms with Crippen LogP contribution in [-0.2, 0) is 28.3 Å². The van der Waals surface area contributed by atoms with Crippen LogP contribution in [0.5, 0.6) is 0 Å². The molecule has 0 unspecified atom stereocenters. The Labute approximate surface area is 205 Å². The average molecular weight is 481 g/mol. The van der Waals surface area contributed by atoms with Crippen LogP contribution in [-0.4, -0.2) is 35.6 Å². The van der Waals surface area contributed by atoms with E-state index in [0.717, 1.165) is 16.9 Å². The molecule has 0 aliphatic carbocycles. The number of hydrogen-bond acceptors (Lipinski definition) is 3. The van der Waals surface area contributed by atoms with Crippen molar-refractivity contribution in [3.8, 4) is 0 Å². The van der Waals surface area contributed by atoms with E-state index in [1.54, 1.807) is 29.8 Å². The predicted molar refractivity (Wildman–Crippen MR) is 137 cm³/mol. The van der Waals surface area contributed by atoms with Gasteiger partial charge >= 0.3 is 0 Å². The zero-order chi connectivity index (χ0) is 23.6. The lowest BCUT2D eigenvalue weighted by molar-refractivity contribution is -0.139. The van der Waals surface area contributed by atoms with E-state index >= 15 is 0 Å². The fourth-order valence-electron chi connectivity index (χ4n) is 3.63. The number of amides is 2. The van der Waals surface area contributed by atoms with Gasteiger partial charge in [0.05, 0.1) is 5.75 Å². The van der Waals surface area contributed by atoms with E-state index in [4.69, 9.17) is 11.6 Å². The summed E-state index contributed by atoms with van der Waals surface area (Å²) in [6.45, 7) is 2.34. The fraction of sp³-hybridized carbons (Fsp3) is 0.259. The molecule has 0 aromatic heterocycles. The maximum Gasteiger partial charge on any atom is 0.242 e. The van der Waals surface area contributed by atoms with E-state index in [1.807, 2.05) is 60.7 Å². The molecule has 3 aromatic rings. The highest BCUT2D eigenvalue weighted by molar-refractivity contribution is 7.99. The van der Waals surface area contributed by atoms with Gasteiger partial charge < -0.3 is 10.2 Å². The lowest BCUT2D eigenvalue weighted by Gasteiger charge is -2.31. The van der Waals surface area contributed by atoms with Crippen molar-refractivity contribution in [2.75, 3.05) is 12.8 Å². The van der Waals surface area contributed by atoms with E-state index in [0.29, 0.717) is 11.4 Å². The molecule has 0 saturated carbocycles. The zero-order valence-corrected chi connectivity index (χ0v) is 20.5. The van der Waals surface area contributed by atoms with Crippen molar-refractivity contribution in [3.05, 3.63) is 106 Å². The monoisotopic (exact) mass is 480 g/mol. The van der Waals surface area contributed by atoms with Gasteiger partial charge in [-0.2, -0.15) is 0 Å². The number of aryl methyl sites for hydroxylation is 1. The highest BCUT2D eigenvalue weighted by Gasteiger charge is 2.30. The third-order valence-corrected chi connectivity index (χ3v) is 6.90. The second-order valence-corrected chi connectivity index (χ2v) is 9.24. The molecule has 1 atom stereocenters. The minimum absolute atomic E-state index is 0.0852. The van der Waals surface area contributed by atoms with E-state index in [9.17, 15) is 9.59 Å². The zero-order valence-electron chi connectivity index (χ0n) is 19.0. The quantitative estimate of drug-likeness (QED) is 0.430. The average Bonchev–Trinajstić information content (AvgIpc) is 2.83. The van der Waals surface area contributed by atoms with Gasteiger partial charge in [0, 0.05) is 30.8 Å². The lowest BCUT2D eigenvalue weighted by Crippen LogP contribution is -2.50. The first-order valence-electron chi connectivity index (χ1n) is 10.9. The Morgan fingerprint density at radius 3 is 2.24 bits per heavy atom. The van der Waals surface area contributed by atoms with Crippen molar-refractivity contribution in [1.82, 2.24) is 10.2 Å². The summed E-state index contributed by atoms with van der Waals surface area (Å²) in [5, 5.41) is 3.32. The maximum absolute atomic E-state index is 13.5. The molecule has 0 saturated heterocycles. The summed E-state index contributed by atoms with van der Waals surface area (Å²) < 4.78 is 0. The van der Waals surface area contributed by atoms with Crippen LogP contribution in [0.3, 0.4) is 0 Å². The highest BCUT2D eigenvalue weighted by atomic mass is 35.5. The molecule has 2 amide bonds. The summed E-state index contributed by atoms with van der Waals surface area (Å²) >= 11 is 7.97. The molecule has 6 heteroatoms. The van der Waals surface area contributed by atoms with Gasteiger partial charge in [-0.05, 0) is 35.2 Å². The second kappa shape index (κ2) is 12.5. The fourth-order valence-corrected chi connectivity index (χ4v) is 4.82. The molecular formula is C27H29ClN2O2S. The SMILES string of the molecule is CNC(=O)[C@@H](Cc1ccccc1)N(Cc1ccccc1Cl)C(=O)CSCc1ccccc1C. The second-order valence-electron chi connectivity index (χ2n) is 7.85.